The minimum Gasteiger partial charge on any atom is -0.438 e. The van der Waals surface area contributed by atoms with Crippen LogP contribution >= 0.6 is 11.6 Å². The van der Waals surface area contributed by atoms with Crippen molar-refractivity contribution in [2.75, 3.05) is 0 Å². The van der Waals surface area contributed by atoms with E-state index in [0.29, 0.717) is 29.2 Å². The molecule has 1 aliphatic rings. The van der Waals surface area contributed by atoms with Crippen LogP contribution in [0.15, 0.2) is 71.4 Å². The molecule has 0 fully saturated rings. The number of hydrogen-bond acceptors (Lipinski definition) is 5. The largest absolute Gasteiger partial charge is 0.438 e. The molecule has 5 rings (SSSR count). The first-order valence-electron chi connectivity index (χ1n) is 10.5. The zero-order chi connectivity index (χ0) is 23.7. The molecule has 0 amide bonds. The molecule has 0 N–H and O–H groups in total. The van der Waals surface area contributed by atoms with E-state index in [0.717, 1.165) is 24.5 Å². The number of alkyl halides is 3. The molecule has 0 unspecified atom stereocenters. The lowest BCUT2D eigenvalue weighted by Crippen LogP contribution is -2.05. The predicted octanol–water partition coefficient (Wildman–Crippen LogP) is 7.83. The monoisotopic (exact) mass is 483 g/mol. The van der Waals surface area contributed by atoms with Gasteiger partial charge in [0.05, 0.1) is 5.56 Å². The van der Waals surface area contributed by atoms with Crippen LogP contribution in [0.25, 0.3) is 28.4 Å². The Morgan fingerprint density at radius 1 is 0.941 bits per heavy atom. The van der Waals surface area contributed by atoms with Crippen LogP contribution in [0.1, 0.15) is 30.4 Å². The van der Waals surface area contributed by atoms with Gasteiger partial charge in [0.1, 0.15) is 10.8 Å². The Kier molecular flexibility index (Phi) is 5.83. The van der Waals surface area contributed by atoms with Gasteiger partial charge in [-0.15, -0.1) is 0 Å². The molecule has 0 spiro atoms. The van der Waals surface area contributed by atoms with Gasteiger partial charge in [0, 0.05) is 17.3 Å². The van der Waals surface area contributed by atoms with Crippen LogP contribution in [-0.4, -0.2) is 15.1 Å². The summed E-state index contributed by atoms with van der Waals surface area (Å²) < 4.78 is 49.2. The Hall–Kier alpha value is -3.65. The van der Waals surface area contributed by atoms with Gasteiger partial charge >= 0.3 is 6.18 Å². The second-order valence-corrected chi connectivity index (χ2v) is 8.16. The van der Waals surface area contributed by atoms with Gasteiger partial charge in [-0.1, -0.05) is 35.0 Å². The summed E-state index contributed by atoms with van der Waals surface area (Å²) in [5.74, 6) is 1.03. The highest BCUT2D eigenvalue weighted by Gasteiger charge is 2.31. The van der Waals surface area contributed by atoms with Crippen molar-refractivity contribution in [1.29, 1.82) is 0 Å². The van der Waals surface area contributed by atoms with E-state index >= 15 is 0 Å². The molecular formula is C25H17ClF3N3O2. The van der Waals surface area contributed by atoms with Crippen molar-refractivity contribution in [3.05, 3.63) is 83.0 Å². The second kappa shape index (κ2) is 8.95. The van der Waals surface area contributed by atoms with E-state index in [-0.39, 0.29) is 10.9 Å². The summed E-state index contributed by atoms with van der Waals surface area (Å²) in [5, 5.41) is 3.81. The third-order valence-corrected chi connectivity index (χ3v) is 5.70. The van der Waals surface area contributed by atoms with Crippen molar-refractivity contribution in [2.45, 2.75) is 25.4 Å². The lowest BCUT2D eigenvalue weighted by Gasteiger charge is -2.10. The normalized spacial score (nSPS) is 13.7. The van der Waals surface area contributed by atoms with Gasteiger partial charge in [-0.3, -0.25) is 0 Å². The minimum absolute atomic E-state index is 0.124. The summed E-state index contributed by atoms with van der Waals surface area (Å²) in [6.07, 6.45) is 1.84. The van der Waals surface area contributed by atoms with Crippen LogP contribution in [0.5, 0.6) is 11.6 Å². The maximum atomic E-state index is 12.8. The molecule has 9 heteroatoms. The third-order valence-electron chi connectivity index (χ3n) is 5.43. The molecule has 172 valence electrons. The van der Waals surface area contributed by atoms with Crippen LogP contribution in [0.2, 0.25) is 5.02 Å². The summed E-state index contributed by atoms with van der Waals surface area (Å²) in [6.45, 7) is 0. The fraction of sp³-hybridized carbons (Fsp3) is 0.160. The first kappa shape index (κ1) is 22.2. The smallest absolute Gasteiger partial charge is 0.417 e. The number of rotatable bonds is 5. The van der Waals surface area contributed by atoms with Crippen molar-refractivity contribution in [1.82, 2.24) is 15.1 Å². The number of allylic oxidation sites excluding steroid dienone is 2. The van der Waals surface area contributed by atoms with Crippen LogP contribution in [-0.2, 0) is 6.18 Å². The van der Waals surface area contributed by atoms with Gasteiger partial charge in [-0.2, -0.15) is 18.2 Å². The number of halogens is 4. The van der Waals surface area contributed by atoms with Crippen molar-refractivity contribution in [3.63, 3.8) is 0 Å². The zero-order valence-electron chi connectivity index (χ0n) is 17.6. The highest BCUT2D eigenvalue weighted by Crippen LogP contribution is 2.35. The predicted molar refractivity (Wildman–Crippen MR) is 121 cm³/mol. The molecule has 1 aliphatic carbocycles. The molecule has 4 aromatic rings. The number of pyridine rings is 1. The molecule has 0 aliphatic heterocycles. The van der Waals surface area contributed by atoms with Gasteiger partial charge in [-0.05, 0) is 72.9 Å². The molecule has 2 aromatic heterocycles. The standard InChI is InChI=1S/C25H17ClF3N3O2/c26-21-13-19(25(27,28)29)14-30-24(21)33-20-11-9-17(10-12-20)22-31-23(34-32-22)18-7-5-16(6-8-18)15-3-1-2-4-15/h3,5-14H,1-2,4H2. The third kappa shape index (κ3) is 4.68. The van der Waals surface area contributed by atoms with Crippen molar-refractivity contribution < 1.29 is 22.4 Å². The van der Waals surface area contributed by atoms with E-state index in [4.69, 9.17) is 20.9 Å². The van der Waals surface area contributed by atoms with Crippen molar-refractivity contribution in [3.8, 4) is 34.5 Å². The summed E-state index contributed by atoms with van der Waals surface area (Å²) in [7, 11) is 0. The van der Waals surface area contributed by atoms with Gasteiger partial charge in [0.25, 0.3) is 5.89 Å². The summed E-state index contributed by atoms with van der Waals surface area (Å²) in [5.41, 5.74) is 3.14. The zero-order valence-corrected chi connectivity index (χ0v) is 18.4. The first-order chi connectivity index (χ1) is 16.4. The number of hydrogen-bond donors (Lipinski definition) is 0. The van der Waals surface area contributed by atoms with Gasteiger partial charge in [-0.25, -0.2) is 4.98 Å². The molecule has 5 nitrogen and oxygen atoms in total. The van der Waals surface area contributed by atoms with E-state index in [1.165, 1.54) is 17.6 Å². The van der Waals surface area contributed by atoms with E-state index in [1.54, 1.807) is 24.3 Å². The van der Waals surface area contributed by atoms with E-state index in [9.17, 15) is 13.2 Å². The fourth-order valence-corrected chi connectivity index (χ4v) is 3.86. The van der Waals surface area contributed by atoms with Crippen LogP contribution in [0.4, 0.5) is 13.2 Å². The molecule has 2 aromatic carbocycles. The van der Waals surface area contributed by atoms with Crippen molar-refractivity contribution in [2.24, 2.45) is 0 Å². The highest BCUT2D eigenvalue weighted by atomic mass is 35.5. The summed E-state index contributed by atoms with van der Waals surface area (Å²) in [6, 6.07) is 15.5. The van der Waals surface area contributed by atoms with Gasteiger partial charge in [0.2, 0.25) is 11.7 Å². The van der Waals surface area contributed by atoms with E-state index in [2.05, 4.69) is 33.3 Å². The number of ether oxygens (including phenoxy) is 1. The maximum Gasteiger partial charge on any atom is 0.417 e. The number of nitrogens with zero attached hydrogens (tertiary/aromatic N) is 3. The Bertz CT molecular complexity index is 1350. The molecule has 0 saturated carbocycles. The van der Waals surface area contributed by atoms with Crippen molar-refractivity contribution >= 4 is 17.2 Å². The Balaban J connectivity index is 1.29. The van der Waals surface area contributed by atoms with Crippen LogP contribution in [0.3, 0.4) is 0 Å². The Labute approximate surface area is 197 Å². The molecule has 0 atom stereocenters. The van der Waals surface area contributed by atoms with Gasteiger partial charge < -0.3 is 9.26 Å². The summed E-state index contributed by atoms with van der Waals surface area (Å²) in [4.78, 5) is 8.14. The van der Waals surface area contributed by atoms with E-state index < -0.39 is 11.7 Å². The molecule has 0 saturated heterocycles. The number of benzene rings is 2. The molecule has 0 radical (unpaired) electrons. The second-order valence-electron chi connectivity index (χ2n) is 7.76. The summed E-state index contributed by atoms with van der Waals surface area (Å²) >= 11 is 5.90. The van der Waals surface area contributed by atoms with Crippen LogP contribution < -0.4 is 4.74 Å². The average Bonchev–Trinajstić information content (AvgIpc) is 3.53. The quantitative estimate of drug-likeness (QED) is 0.289. The lowest BCUT2D eigenvalue weighted by atomic mass is 10.0. The molecule has 0 bridgehead atoms. The Morgan fingerprint density at radius 3 is 2.29 bits per heavy atom. The van der Waals surface area contributed by atoms with Gasteiger partial charge in [0.15, 0.2) is 0 Å². The first-order valence-corrected chi connectivity index (χ1v) is 10.9. The topological polar surface area (TPSA) is 61.0 Å². The fourth-order valence-electron chi connectivity index (χ4n) is 3.66. The highest BCUT2D eigenvalue weighted by molar-refractivity contribution is 6.31. The SMILES string of the molecule is FC(F)(F)c1cnc(Oc2ccc(-c3noc(-c4ccc(C5=CCCC5)cc4)n3)cc2)c(Cl)c1. The Morgan fingerprint density at radius 2 is 1.65 bits per heavy atom. The number of aromatic nitrogens is 3. The lowest BCUT2D eigenvalue weighted by molar-refractivity contribution is -0.137. The minimum atomic E-state index is -4.53. The van der Waals surface area contributed by atoms with E-state index in [1.807, 2.05) is 12.1 Å². The van der Waals surface area contributed by atoms with Crippen LogP contribution in [0, 0.1) is 0 Å². The molecule has 2 heterocycles. The average molecular weight is 484 g/mol. The molecule has 34 heavy (non-hydrogen) atoms. The maximum absolute atomic E-state index is 12.8. The molecular weight excluding hydrogens is 467 g/mol.